The first-order valence-corrected chi connectivity index (χ1v) is 7.20. The number of aromatic amines is 1. The highest BCUT2D eigenvalue weighted by Crippen LogP contribution is 2.41. The molecule has 1 aliphatic rings. The molecular weight excluding hydrogens is 272 g/mol. The van der Waals surface area contributed by atoms with E-state index in [0.717, 1.165) is 28.8 Å². The van der Waals surface area contributed by atoms with Crippen LogP contribution in [0.25, 0.3) is 21.3 Å². The first-order chi connectivity index (χ1) is 9.78. The van der Waals surface area contributed by atoms with Gasteiger partial charge >= 0.3 is 0 Å². The molecule has 2 aromatic heterocycles. The van der Waals surface area contributed by atoms with Crippen LogP contribution in [0.4, 0.5) is 5.95 Å². The number of nitrogens with two attached hydrogens (primary N) is 1. The maximum Gasteiger partial charge on any atom is 0.261 e. The quantitative estimate of drug-likeness (QED) is 0.471. The smallest absolute Gasteiger partial charge is 0.261 e. The van der Waals surface area contributed by atoms with Gasteiger partial charge in [-0.25, -0.2) is 10.8 Å². The van der Waals surface area contributed by atoms with Crippen molar-refractivity contribution in [2.45, 2.75) is 12.8 Å². The average Bonchev–Trinajstić information content (AvgIpc) is 2.86. The third-order valence-corrected chi connectivity index (χ3v) is 4.82. The average molecular weight is 284 g/mol. The van der Waals surface area contributed by atoms with E-state index in [-0.39, 0.29) is 5.56 Å². The van der Waals surface area contributed by atoms with Crippen molar-refractivity contribution in [1.82, 2.24) is 9.97 Å². The molecule has 0 aliphatic heterocycles. The molecule has 6 heteroatoms. The van der Waals surface area contributed by atoms with Gasteiger partial charge in [-0.3, -0.25) is 15.2 Å². The fourth-order valence-corrected chi connectivity index (χ4v) is 4.00. The molecule has 0 saturated carbocycles. The molecule has 0 atom stereocenters. The normalized spacial score (nSPS) is 13.1. The van der Waals surface area contributed by atoms with Gasteiger partial charge in [0.25, 0.3) is 5.56 Å². The van der Waals surface area contributed by atoms with E-state index in [1.165, 1.54) is 10.4 Å². The Kier molecular flexibility index (Phi) is 2.42. The number of hydrogen-bond acceptors (Lipinski definition) is 5. The van der Waals surface area contributed by atoms with Crippen LogP contribution in [-0.2, 0) is 12.8 Å². The van der Waals surface area contributed by atoms with E-state index in [2.05, 4.69) is 27.5 Å². The summed E-state index contributed by atoms with van der Waals surface area (Å²) in [7, 11) is 0. The van der Waals surface area contributed by atoms with Crippen LogP contribution in [0.1, 0.15) is 10.4 Å². The number of H-pyrrole nitrogens is 1. The maximum atomic E-state index is 12.3. The van der Waals surface area contributed by atoms with Crippen molar-refractivity contribution < 1.29 is 0 Å². The van der Waals surface area contributed by atoms with Crippen LogP contribution >= 0.6 is 11.3 Å². The summed E-state index contributed by atoms with van der Waals surface area (Å²) in [5.41, 5.74) is 5.75. The number of aryl methyl sites for hydroxylation is 2. The summed E-state index contributed by atoms with van der Waals surface area (Å²) < 4.78 is 0. The number of benzene rings is 1. The number of hydrogen-bond donors (Lipinski definition) is 3. The van der Waals surface area contributed by atoms with E-state index in [1.54, 1.807) is 11.3 Å². The number of thiophene rings is 1. The minimum Gasteiger partial charge on any atom is -0.294 e. The van der Waals surface area contributed by atoms with Crippen molar-refractivity contribution in [2.24, 2.45) is 5.84 Å². The van der Waals surface area contributed by atoms with Crippen molar-refractivity contribution in [2.75, 3.05) is 5.43 Å². The molecule has 1 aliphatic carbocycles. The van der Waals surface area contributed by atoms with Crippen LogP contribution in [-0.4, -0.2) is 9.97 Å². The summed E-state index contributed by atoms with van der Waals surface area (Å²) in [6, 6.07) is 8.25. The predicted octanol–water partition coefficient (Wildman–Crippen LogP) is 2.04. The second kappa shape index (κ2) is 4.16. The van der Waals surface area contributed by atoms with Crippen LogP contribution < -0.4 is 16.8 Å². The predicted molar refractivity (Wildman–Crippen MR) is 80.9 cm³/mol. The van der Waals surface area contributed by atoms with E-state index < -0.39 is 0 Å². The number of nitrogens with one attached hydrogen (secondary N) is 2. The molecule has 4 N–H and O–H groups in total. The summed E-state index contributed by atoms with van der Waals surface area (Å²) >= 11 is 1.58. The zero-order chi connectivity index (χ0) is 13.7. The fraction of sp³-hybridized carbons (Fsp3) is 0.143. The first kappa shape index (κ1) is 11.6. The minimum atomic E-state index is -0.142. The molecule has 20 heavy (non-hydrogen) atoms. The van der Waals surface area contributed by atoms with Crippen LogP contribution in [0.2, 0.25) is 0 Å². The van der Waals surface area contributed by atoms with Gasteiger partial charge in [-0.05, 0) is 24.0 Å². The SMILES string of the molecule is NNc1nc2sc3c(c2c(=O)[nH]1)-c1ccccc1CC3. The van der Waals surface area contributed by atoms with Gasteiger partial charge in [-0.1, -0.05) is 24.3 Å². The number of nitrogen functional groups attached to an aromatic ring is 1. The highest BCUT2D eigenvalue weighted by molar-refractivity contribution is 7.19. The van der Waals surface area contributed by atoms with E-state index in [0.29, 0.717) is 11.3 Å². The molecule has 3 aromatic rings. The highest BCUT2D eigenvalue weighted by Gasteiger charge is 2.23. The van der Waals surface area contributed by atoms with Gasteiger partial charge in [-0.2, -0.15) is 0 Å². The number of nitrogens with zero attached hydrogens (tertiary/aromatic N) is 1. The molecule has 2 heterocycles. The van der Waals surface area contributed by atoms with Gasteiger partial charge in [-0.15, -0.1) is 11.3 Å². The second-order valence-electron chi connectivity index (χ2n) is 4.80. The number of aromatic nitrogens is 2. The lowest BCUT2D eigenvalue weighted by molar-refractivity contribution is 0.965. The summed E-state index contributed by atoms with van der Waals surface area (Å²) in [5, 5.41) is 0.677. The molecule has 1 aromatic carbocycles. The Labute approximate surface area is 118 Å². The molecule has 5 nitrogen and oxygen atoms in total. The Morgan fingerprint density at radius 1 is 1.30 bits per heavy atom. The molecule has 0 radical (unpaired) electrons. The molecule has 0 saturated heterocycles. The van der Waals surface area contributed by atoms with Gasteiger partial charge in [0.15, 0.2) is 0 Å². The summed E-state index contributed by atoms with van der Waals surface area (Å²) in [4.78, 5) is 21.3. The van der Waals surface area contributed by atoms with Gasteiger partial charge < -0.3 is 0 Å². The Bertz CT molecular complexity index is 881. The third kappa shape index (κ3) is 1.52. The summed E-state index contributed by atoms with van der Waals surface area (Å²) in [6.07, 6.45) is 1.97. The van der Waals surface area contributed by atoms with E-state index in [9.17, 15) is 4.79 Å². The zero-order valence-electron chi connectivity index (χ0n) is 10.6. The van der Waals surface area contributed by atoms with Crippen molar-refractivity contribution in [1.29, 1.82) is 0 Å². The lowest BCUT2D eigenvalue weighted by Gasteiger charge is -2.15. The standard InChI is InChI=1S/C14H12N4OS/c15-18-14-16-12(19)11-10-8-4-2-1-3-7(8)5-6-9(10)20-13(11)17-14/h1-4H,5-6,15H2,(H2,16,17,18,19). The van der Waals surface area contributed by atoms with Gasteiger partial charge in [0, 0.05) is 10.4 Å². The lowest BCUT2D eigenvalue weighted by Crippen LogP contribution is -2.16. The van der Waals surface area contributed by atoms with Crippen molar-refractivity contribution >= 4 is 27.5 Å². The number of anilines is 1. The van der Waals surface area contributed by atoms with Crippen LogP contribution in [0.5, 0.6) is 0 Å². The lowest BCUT2D eigenvalue weighted by atomic mass is 9.89. The zero-order valence-corrected chi connectivity index (χ0v) is 11.4. The Balaban J connectivity index is 2.12. The first-order valence-electron chi connectivity index (χ1n) is 6.38. The molecule has 0 bridgehead atoms. The summed E-state index contributed by atoms with van der Waals surface area (Å²) in [5.74, 6) is 5.63. The van der Waals surface area contributed by atoms with E-state index >= 15 is 0 Å². The number of hydrazine groups is 1. The summed E-state index contributed by atoms with van der Waals surface area (Å²) in [6.45, 7) is 0. The molecule has 4 rings (SSSR count). The van der Waals surface area contributed by atoms with Crippen LogP contribution in [0.3, 0.4) is 0 Å². The Hall–Kier alpha value is -2.18. The van der Waals surface area contributed by atoms with Crippen molar-refractivity contribution in [3.8, 4) is 11.1 Å². The van der Waals surface area contributed by atoms with Gasteiger partial charge in [0.1, 0.15) is 4.83 Å². The van der Waals surface area contributed by atoms with Gasteiger partial charge in [0.05, 0.1) is 5.39 Å². The molecule has 100 valence electrons. The molecule has 0 unspecified atom stereocenters. The number of fused-ring (bicyclic) bond motifs is 5. The third-order valence-electron chi connectivity index (χ3n) is 3.68. The molecule has 0 amide bonds. The highest BCUT2D eigenvalue weighted by atomic mass is 32.1. The van der Waals surface area contributed by atoms with E-state index in [4.69, 9.17) is 5.84 Å². The van der Waals surface area contributed by atoms with Gasteiger partial charge in [0.2, 0.25) is 5.95 Å². The largest absolute Gasteiger partial charge is 0.294 e. The van der Waals surface area contributed by atoms with Crippen LogP contribution in [0.15, 0.2) is 29.1 Å². The Morgan fingerprint density at radius 2 is 2.15 bits per heavy atom. The number of rotatable bonds is 1. The molecular formula is C14H12N4OS. The van der Waals surface area contributed by atoms with Crippen molar-refractivity contribution in [3.05, 3.63) is 45.1 Å². The topological polar surface area (TPSA) is 83.8 Å². The maximum absolute atomic E-state index is 12.3. The van der Waals surface area contributed by atoms with Crippen molar-refractivity contribution in [3.63, 3.8) is 0 Å². The minimum absolute atomic E-state index is 0.142. The second-order valence-corrected chi connectivity index (χ2v) is 5.88. The van der Waals surface area contributed by atoms with Crippen LogP contribution in [0, 0.1) is 0 Å². The fourth-order valence-electron chi connectivity index (χ4n) is 2.81. The monoisotopic (exact) mass is 284 g/mol. The van der Waals surface area contributed by atoms with E-state index in [1.807, 2.05) is 12.1 Å². The molecule has 0 fully saturated rings. The molecule has 0 spiro atoms. The Morgan fingerprint density at radius 3 is 3.00 bits per heavy atom.